The molecule has 0 aromatic rings. The van der Waals surface area contributed by atoms with Crippen molar-refractivity contribution in [3.05, 3.63) is 0 Å². The summed E-state index contributed by atoms with van der Waals surface area (Å²) in [6.45, 7) is 0.724. The van der Waals surface area contributed by atoms with Crippen LogP contribution in [0.4, 0.5) is 0 Å². The van der Waals surface area contributed by atoms with Crippen molar-refractivity contribution >= 4 is 29.5 Å². The van der Waals surface area contributed by atoms with Crippen LogP contribution in [-0.4, -0.2) is 53.4 Å². The molecule has 0 spiro atoms. The fraction of sp³-hybridized carbons (Fsp3) is 0.700. The molecule has 94 valence electrons. The molecule has 7 heteroatoms. The second kappa shape index (κ2) is 5.39. The topological polar surface area (TPSA) is 78.5 Å². The minimum Gasteiger partial charge on any atom is -0.354 e. The van der Waals surface area contributed by atoms with Crippen molar-refractivity contribution in [1.82, 2.24) is 15.5 Å². The van der Waals surface area contributed by atoms with Crippen LogP contribution >= 0.6 is 11.8 Å². The summed E-state index contributed by atoms with van der Waals surface area (Å²) in [5.41, 5.74) is 0. The van der Waals surface area contributed by atoms with Gasteiger partial charge in [0, 0.05) is 6.54 Å². The molecule has 2 heterocycles. The van der Waals surface area contributed by atoms with Crippen LogP contribution in [-0.2, 0) is 14.4 Å². The largest absolute Gasteiger partial charge is 0.354 e. The van der Waals surface area contributed by atoms with Crippen LogP contribution in [0.2, 0.25) is 0 Å². The number of rotatable bonds is 3. The van der Waals surface area contributed by atoms with Crippen molar-refractivity contribution in [1.29, 1.82) is 0 Å². The fourth-order valence-corrected chi connectivity index (χ4v) is 2.77. The summed E-state index contributed by atoms with van der Waals surface area (Å²) in [5.74, 6) is 0.591. The highest BCUT2D eigenvalue weighted by Crippen LogP contribution is 2.14. The molecule has 6 nitrogen and oxygen atoms in total. The number of hydrogen-bond donors (Lipinski definition) is 2. The number of thioether (sulfide) groups is 1. The Balaban J connectivity index is 1.80. The SMILES string of the molecule is O=C(CN1CSCC1=O)NC1CCCNC1=O. The standard InChI is InChI=1S/C10H15N3O3S/c14-8(4-13-6-17-5-9(13)15)12-7-2-1-3-11-10(7)16/h7H,1-6H2,(H,11,16)(H,12,14). The summed E-state index contributed by atoms with van der Waals surface area (Å²) in [5, 5.41) is 5.36. The van der Waals surface area contributed by atoms with E-state index in [0.29, 0.717) is 24.6 Å². The maximum Gasteiger partial charge on any atom is 0.242 e. The molecule has 2 N–H and O–H groups in total. The Hall–Kier alpha value is -1.24. The van der Waals surface area contributed by atoms with Crippen LogP contribution in [0.15, 0.2) is 0 Å². The van der Waals surface area contributed by atoms with Crippen molar-refractivity contribution in [2.75, 3.05) is 24.7 Å². The first-order valence-electron chi connectivity index (χ1n) is 5.59. The monoisotopic (exact) mass is 257 g/mol. The summed E-state index contributed by atoms with van der Waals surface area (Å²) >= 11 is 1.50. The number of carbonyl (C=O) groups excluding carboxylic acids is 3. The van der Waals surface area contributed by atoms with Gasteiger partial charge in [0.05, 0.1) is 11.6 Å². The van der Waals surface area contributed by atoms with Crippen molar-refractivity contribution < 1.29 is 14.4 Å². The smallest absolute Gasteiger partial charge is 0.242 e. The van der Waals surface area contributed by atoms with Crippen molar-refractivity contribution in [3.8, 4) is 0 Å². The summed E-state index contributed by atoms with van der Waals surface area (Å²) in [6, 6.07) is -0.443. The highest BCUT2D eigenvalue weighted by atomic mass is 32.2. The molecule has 3 amide bonds. The molecule has 0 aromatic heterocycles. The van der Waals surface area contributed by atoms with Gasteiger partial charge < -0.3 is 15.5 Å². The Morgan fingerprint density at radius 3 is 3.00 bits per heavy atom. The van der Waals surface area contributed by atoms with E-state index >= 15 is 0 Å². The van der Waals surface area contributed by atoms with Gasteiger partial charge in [-0.3, -0.25) is 14.4 Å². The number of carbonyl (C=O) groups is 3. The van der Waals surface area contributed by atoms with E-state index in [-0.39, 0.29) is 24.3 Å². The molecule has 2 aliphatic rings. The Morgan fingerprint density at radius 1 is 1.53 bits per heavy atom. The molecule has 0 radical (unpaired) electrons. The minimum atomic E-state index is -0.443. The summed E-state index contributed by atoms with van der Waals surface area (Å²) in [7, 11) is 0. The zero-order valence-corrected chi connectivity index (χ0v) is 10.2. The number of nitrogens with zero attached hydrogens (tertiary/aromatic N) is 1. The number of piperidine rings is 1. The molecular formula is C10H15N3O3S. The Labute approximate surface area is 103 Å². The lowest BCUT2D eigenvalue weighted by Crippen LogP contribution is -2.52. The van der Waals surface area contributed by atoms with E-state index in [9.17, 15) is 14.4 Å². The molecule has 0 saturated carbocycles. The van der Waals surface area contributed by atoms with Crippen molar-refractivity contribution in [2.45, 2.75) is 18.9 Å². The first-order chi connectivity index (χ1) is 8.16. The predicted molar refractivity (Wildman–Crippen MR) is 63.2 cm³/mol. The van der Waals surface area contributed by atoms with Gasteiger partial charge >= 0.3 is 0 Å². The van der Waals surface area contributed by atoms with Crippen LogP contribution in [0.5, 0.6) is 0 Å². The summed E-state index contributed by atoms with van der Waals surface area (Å²) in [6.07, 6.45) is 1.54. The van der Waals surface area contributed by atoms with Crippen LogP contribution in [0.1, 0.15) is 12.8 Å². The minimum absolute atomic E-state index is 0.0155. The predicted octanol–water partition coefficient (Wildman–Crippen LogP) is -1.09. The zero-order valence-electron chi connectivity index (χ0n) is 9.40. The third-order valence-corrected chi connectivity index (χ3v) is 3.73. The van der Waals surface area contributed by atoms with Gasteiger partial charge in [0.25, 0.3) is 0 Å². The van der Waals surface area contributed by atoms with Gasteiger partial charge in [-0.05, 0) is 12.8 Å². The fourth-order valence-electron chi connectivity index (χ4n) is 1.86. The van der Waals surface area contributed by atoms with E-state index in [1.54, 1.807) is 0 Å². The molecule has 2 saturated heterocycles. The molecule has 2 rings (SSSR count). The lowest BCUT2D eigenvalue weighted by molar-refractivity contribution is -0.134. The Kier molecular flexibility index (Phi) is 3.88. The first kappa shape index (κ1) is 12.2. The zero-order chi connectivity index (χ0) is 12.3. The Morgan fingerprint density at radius 2 is 2.35 bits per heavy atom. The molecule has 1 atom stereocenters. The quantitative estimate of drug-likeness (QED) is 0.674. The van der Waals surface area contributed by atoms with Gasteiger partial charge in [0.1, 0.15) is 12.6 Å². The molecule has 0 aliphatic carbocycles. The highest BCUT2D eigenvalue weighted by Gasteiger charge is 2.27. The highest BCUT2D eigenvalue weighted by molar-refractivity contribution is 8.00. The van der Waals surface area contributed by atoms with Crippen molar-refractivity contribution in [2.24, 2.45) is 0 Å². The van der Waals surface area contributed by atoms with Crippen LogP contribution in [0, 0.1) is 0 Å². The third kappa shape index (κ3) is 3.12. The van der Waals surface area contributed by atoms with Crippen LogP contribution < -0.4 is 10.6 Å². The van der Waals surface area contributed by atoms with Gasteiger partial charge in [0.15, 0.2) is 0 Å². The van der Waals surface area contributed by atoms with Crippen LogP contribution in [0.25, 0.3) is 0 Å². The molecular weight excluding hydrogens is 242 g/mol. The number of hydrogen-bond acceptors (Lipinski definition) is 4. The molecule has 0 bridgehead atoms. The van der Waals surface area contributed by atoms with Gasteiger partial charge in [-0.25, -0.2) is 0 Å². The number of nitrogens with one attached hydrogen (secondary N) is 2. The average Bonchev–Trinajstić information content (AvgIpc) is 2.68. The first-order valence-corrected chi connectivity index (χ1v) is 6.75. The maximum atomic E-state index is 11.7. The lowest BCUT2D eigenvalue weighted by atomic mass is 10.1. The van der Waals surface area contributed by atoms with E-state index in [1.807, 2.05) is 0 Å². The second-order valence-corrected chi connectivity index (χ2v) is 5.08. The molecule has 2 fully saturated rings. The van der Waals surface area contributed by atoms with Gasteiger partial charge in [0.2, 0.25) is 17.7 Å². The van der Waals surface area contributed by atoms with E-state index in [0.717, 1.165) is 6.42 Å². The van der Waals surface area contributed by atoms with E-state index in [1.165, 1.54) is 16.7 Å². The summed E-state index contributed by atoms with van der Waals surface area (Å²) < 4.78 is 0. The van der Waals surface area contributed by atoms with E-state index in [4.69, 9.17) is 0 Å². The lowest BCUT2D eigenvalue weighted by Gasteiger charge is -2.23. The summed E-state index contributed by atoms with van der Waals surface area (Å²) in [4.78, 5) is 35.9. The van der Waals surface area contributed by atoms with Gasteiger partial charge in [-0.15, -0.1) is 11.8 Å². The molecule has 17 heavy (non-hydrogen) atoms. The molecule has 1 unspecified atom stereocenters. The third-order valence-electron chi connectivity index (χ3n) is 2.78. The molecule has 0 aromatic carbocycles. The van der Waals surface area contributed by atoms with Crippen molar-refractivity contribution in [3.63, 3.8) is 0 Å². The second-order valence-electron chi connectivity index (χ2n) is 4.12. The average molecular weight is 257 g/mol. The molecule has 2 aliphatic heterocycles. The van der Waals surface area contributed by atoms with Gasteiger partial charge in [-0.2, -0.15) is 0 Å². The van der Waals surface area contributed by atoms with E-state index < -0.39 is 6.04 Å². The van der Waals surface area contributed by atoms with E-state index in [2.05, 4.69) is 10.6 Å². The van der Waals surface area contributed by atoms with Gasteiger partial charge in [-0.1, -0.05) is 0 Å². The Bertz CT molecular complexity index is 348. The normalized spacial score (nSPS) is 24.7. The van der Waals surface area contributed by atoms with Crippen LogP contribution in [0.3, 0.4) is 0 Å². The number of amides is 3. The maximum absolute atomic E-state index is 11.7.